The van der Waals surface area contributed by atoms with Gasteiger partial charge in [0.1, 0.15) is 12.4 Å². The fraction of sp³-hybridized carbons (Fsp3) is 0.261. The number of nitrogen functional groups attached to an aromatic ring is 1. The number of nitrogens with one attached hydrogen (secondary N) is 1. The Morgan fingerprint density at radius 3 is 2.38 bits per heavy atom. The number of rotatable bonds is 7. The van der Waals surface area contributed by atoms with Crippen LogP contribution in [0.1, 0.15) is 39.7 Å². The number of aromatic nitrogens is 2. The predicted molar refractivity (Wildman–Crippen MR) is 114 cm³/mol. The molecule has 1 atom stereocenters. The maximum absolute atomic E-state index is 12.4. The number of carbonyl (C=O) groups excluding carboxylic acids is 1. The van der Waals surface area contributed by atoms with Gasteiger partial charge < -0.3 is 15.8 Å². The molecular formula is C23H26N4O2. The number of amides is 1. The summed E-state index contributed by atoms with van der Waals surface area (Å²) in [7, 11) is 0. The number of carbonyl (C=O) groups is 1. The molecule has 0 spiro atoms. The van der Waals surface area contributed by atoms with Crippen LogP contribution in [0.2, 0.25) is 0 Å². The summed E-state index contributed by atoms with van der Waals surface area (Å²) in [5.74, 6) is 0.783. The molecule has 6 nitrogen and oxygen atoms in total. The van der Waals surface area contributed by atoms with Gasteiger partial charge in [-0.25, -0.2) is 9.97 Å². The summed E-state index contributed by atoms with van der Waals surface area (Å²) < 4.78 is 5.84. The summed E-state index contributed by atoms with van der Waals surface area (Å²) in [5.41, 5.74) is 10.0. The number of aryl methyl sites for hydroxylation is 2. The lowest BCUT2D eigenvalue weighted by molar-refractivity contribution is 0.0938. The lowest BCUT2D eigenvalue weighted by Crippen LogP contribution is -2.34. The normalized spacial score (nSPS) is 11.7. The Bertz CT molecular complexity index is 969. The number of anilines is 1. The van der Waals surface area contributed by atoms with Crippen molar-refractivity contribution in [1.29, 1.82) is 0 Å². The molecule has 29 heavy (non-hydrogen) atoms. The van der Waals surface area contributed by atoms with E-state index in [2.05, 4.69) is 46.5 Å². The third-order valence-corrected chi connectivity index (χ3v) is 4.61. The zero-order valence-corrected chi connectivity index (χ0v) is 17.0. The minimum Gasteiger partial charge on any atom is -0.489 e. The number of benzene rings is 2. The molecule has 0 aliphatic carbocycles. The van der Waals surface area contributed by atoms with Gasteiger partial charge in [-0.05, 0) is 50.5 Å². The second-order valence-electron chi connectivity index (χ2n) is 7.22. The Balaban J connectivity index is 1.52. The number of hydrogen-bond donors (Lipinski definition) is 2. The predicted octanol–water partition coefficient (Wildman–Crippen LogP) is 3.62. The maximum atomic E-state index is 12.4. The second kappa shape index (κ2) is 9.19. The van der Waals surface area contributed by atoms with E-state index in [4.69, 9.17) is 10.5 Å². The summed E-state index contributed by atoms with van der Waals surface area (Å²) in [6.45, 7) is 6.31. The van der Waals surface area contributed by atoms with Crippen molar-refractivity contribution in [3.63, 3.8) is 0 Å². The number of nitrogens with two attached hydrogens (primary N) is 1. The Labute approximate surface area is 171 Å². The van der Waals surface area contributed by atoms with Gasteiger partial charge in [-0.15, -0.1) is 0 Å². The molecule has 0 radical (unpaired) electrons. The van der Waals surface area contributed by atoms with Gasteiger partial charge in [-0.3, -0.25) is 4.79 Å². The van der Waals surface area contributed by atoms with E-state index in [1.165, 1.54) is 11.8 Å². The molecule has 0 bridgehead atoms. The number of nitrogens with zero attached hydrogens (tertiary/aromatic N) is 2. The lowest BCUT2D eigenvalue weighted by Gasteiger charge is -2.15. The largest absolute Gasteiger partial charge is 0.489 e. The van der Waals surface area contributed by atoms with E-state index in [0.29, 0.717) is 24.3 Å². The molecule has 0 saturated heterocycles. The Morgan fingerprint density at radius 1 is 1.07 bits per heavy atom. The van der Waals surface area contributed by atoms with Crippen LogP contribution in [-0.2, 0) is 13.0 Å². The van der Waals surface area contributed by atoms with Crippen LogP contribution in [0.4, 0.5) is 5.95 Å². The first kappa shape index (κ1) is 20.3. The van der Waals surface area contributed by atoms with E-state index >= 15 is 0 Å². The van der Waals surface area contributed by atoms with E-state index in [1.54, 1.807) is 6.92 Å². The molecule has 1 heterocycles. The average Bonchev–Trinajstić information content (AvgIpc) is 2.68. The molecule has 6 heteroatoms. The topological polar surface area (TPSA) is 90.1 Å². The van der Waals surface area contributed by atoms with Gasteiger partial charge in [0.2, 0.25) is 5.95 Å². The smallest absolute Gasteiger partial charge is 0.254 e. The van der Waals surface area contributed by atoms with E-state index in [0.717, 1.165) is 16.9 Å². The van der Waals surface area contributed by atoms with Crippen LogP contribution in [0.3, 0.4) is 0 Å². The molecule has 150 valence electrons. The Morgan fingerprint density at radius 2 is 1.72 bits per heavy atom. The molecule has 3 rings (SSSR count). The van der Waals surface area contributed by atoms with Gasteiger partial charge in [0, 0.05) is 12.2 Å². The van der Waals surface area contributed by atoms with Crippen LogP contribution in [0.15, 0.2) is 54.7 Å². The minimum atomic E-state index is -0.201. The Kier molecular flexibility index (Phi) is 6.44. The molecule has 0 aliphatic rings. The minimum absolute atomic E-state index is 0.0428. The first-order chi connectivity index (χ1) is 13.9. The fourth-order valence-electron chi connectivity index (χ4n) is 2.99. The summed E-state index contributed by atoms with van der Waals surface area (Å²) in [6, 6.07) is 16.2. The molecule has 3 N–H and O–H groups in total. The first-order valence-corrected chi connectivity index (χ1v) is 9.58. The van der Waals surface area contributed by atoms with Crippen molar-refractivity contribution < 1.29 is 9.53 Å². The van der Waals surface area contributed by atoms with Crippen molar-refractivity contribution >= 4 is 11.9 Å². The van der Waals surface area contributed by atoms with Gasteiger partial charge in [0.05, 0.1) is 11.3 Å². The van der Waals surface area contributed by atoms with Gasteiger partial charge >= 0.3 is 0 Å². The lowest BCUT2D eigenvalue weighted by atomic mass is 10.1. The zero-order valence-electron chi connectivity index (χ0n) is 17.0. The van der Waals surface area contributed by atoms with Crippen molar-refractivity contribution in [2.45, 2.75) is 39.8 Å². The highest BCUT2D eigenvalue weighted by Crippen LogP contribution is 2.16. The van der Waals surface area contributed by atoms with Crippen molar-refractivity contribution in [1.82, 2.24) is 15.3 Å². The van der Waals surface area contributed by atoms with E-state index in [1.807, 2.05) is 31.2 Å². The summed E-state index contributed by atoms with van der Waals surface area (Å²) in [6.07, 6.45) is 2.17. The molecule has 3 aromatic rings. The molecular weight excluding hydrogens is 364 g/mol. The van der Waals surface area contributed by atoms with E-state index in [-0.39, 0.29) is 17.9 Å². The molecule has 0 saturated carbocycles. The SMILES string of the molecule is Cc1ccc(COc2ccc(CC(C)NC(=O)c3cnc(N)nc3C)cc2)cc1. The summed E-state index contributed by atoms with van der Waals surface area (Å²) in [4.78, 5) is 20.3. The van der Waals surface area contributed by atoms with Crippen molar-refractivity contribution in [3.8, 4) is 5.75 Å². The quantitative estimate of drug-likeness (QED) is 0.643. The third-order valence-electron chi connectivity index (χ3n) is 4.61. The maximum Gasteiger partial charge on any atom is 0.254 e. The molecule has 0 aliphatic heterocycles. The van der Waals surface area contributed by atoms with Crippen LogP contribution in [0, 0.1) is 13.8 Å². The molecule has 1 aromatic heterocycles. The van der Waals surface area contributed by atoms with Gasteiger partial charge in [-0.2, -0.15) is 0 Å². The second-order valence-corrected chi connectivity index (χ2v) is 7.22. The number of ether oxygens (including phenoxy) is 1. The molecule has 2 aromatic carbocycles. The summed E-state index contributed by atoms with van der Waals surface area (Å²) >= 11 is 0. The van der Waals surface area contributed by atoms with Gasteiger partial charge in [0.25, 0.3) is 5.91 Å². The van der Waals surface area contributed by atoms with Gasteiger partial charge in [-0.1, -0.05) is 42.0 Å². The fourth-order valence-corrected chi connectivity index (χ4v) is 2.99. The van der Waals surface area contributed by atoms with Gasteiger partial charge in [0.15, 0.2) is 0 Å². The van der Waals surface area contributed by atoms with E-state index < -0.39 is 0 Å². The average molecular weight is 390 g/mol. The van der Waals surface area contributed by atoms with E-state index in [9.17, 15) is 4.79 Å². The highest BCUT2D eigenvalue weighted by atomic mass is 16.5. The molecule has 1 amide bonds. The van der Waals surface area contributed by atoms with Crippen LogP contribution in [0.5, 0.6) is 5.75 Å². The Hall–Kier alpha value is -3.41. The van der Waals surface area contributed by atoms with Crippen molar-refractivity contribution in [2.24, 2.45) is 0 Å². The highest BCUT2D eigenvalue weighted by molar-refractivity contribution is 5.95. The van der Waals surface area contributed by atoms with Crippen molar-refractivity contribution in [3.05, 3.63) is 82.7 Å². The molecule has 1 unspecified atom stereocenters. The first-order valence-electron chi connectivity index (χ1n) is 9.58. The van der Waals surface area contributed by atoms with Crippen molar-refractivity contribution in [2.75, 3.05) is 5.73 Å². The van der Waals surface area contributed by atoms with Crippen LogP contribution < -0.4 is 15.8 Å². The number of hydrogen-bond acceptors (Lipinski definition) is 5. The molecule has 0 fully saturated rings. The van der Waals surface area contributed by atoms with Crippen LogP contribution in [-0.4, -0.2) is 21.9 Å². The van der Waals surface area contributed by atoms with Crippen LogP contribution >= 0.6 is 0 Å². The third kappa shape index (κ3) is 5.78. The highest BCUT2D eigenvalue weighted by Gasteiger charge is 2.14. The zero-order chi connectivity index (χ0) is 20.8. The monoisotopic (exact) mass is 390 g/mol. The van der Waals surface area contributed by atoms with Crippen LogP contribution in [0.25, 0.3) is 0 Å². The summed E-state index contributed by atoms with van der Waals surface area (Å²) in [5, 5.41) is 2.98. The standard InChI is InChI=1S/C23H26N4O2/c1-15-4-6-19(7-5-15)14-29-20-10-8-18(9-11-20)12-16(2)26-22(28)21-13-25-23(24)27-17(21)3/h4-11,13,16H,12,14H2,1-3H3,(H,26,28)(H2,24,25,27).